The van der Waals surface area contributed by atoms with Crippen LogP contribution in [0.2, 0.25) is 0 Å². The number of rotatable bonds is 7. The van der Waals surface area contributed by atoms with E-state index in [4.69, 9.17) is 9.47 Å². The Morgan fingerprint density at radius 1 is 1.15 bits per heavy atom. The van der Waals surface area contributed by atoms with Gasteiger partial charge in [-0.3, -0.25) is 4.79 Å². The number of aromatic nitrogens is 4. The molecular formula is C18H19N5O3S. The molecule has 2 aromatic carbocycles. The molecule has 0 aliphatic rings. The summed E-state index contributed by atoms with van der Waals surface area (Å²) in [6, 6.07) is 13.0. The molecule has 0 unspecified atom stereocenters. The average Bonchev–Trinajstić information content (AvgIpc) is 3.15. The second kappa shape index (κ2) is 8.54. The molecule has 0 aliphatic carbocycles. The highest BCUT2D eigenvalue weighted by atomic mass is 32.2. The fourth-order valence-corrected chi connectivity index (χ4v) is 3.14. The van der Waals surface area contributed by atoms with Gasteiger partial charge in [0, 0.05) is 0 Å². The predicted molar refractivity (Wildman–Crippen MR) is 103 cm³/mol. The number of benzene rings is 2. The number of methoxy groups -OCH3 is 2. The molecule has 1 heterocycles. The maximum atomic E-state index is 12.4. The van der Waals surface area contributed by atoms with Crippen molar-refractivity contribution in [3.8, 4) is 17.2 Å². The highest BCUT2D eigenvalue weighted by Gasteiger charge is 2.15. The zero-order chi connectivity index (χ0) is 19.2. The van der Waals surface area contributed by atoms with Crippen LogP contribution in [-0.2, 0) is 4.79 Å². The molecular weight excluding hydrogens is 366 g/mol. The monoisotopic (exact) mass is 385 g/mol. The van der Waals surface area contributed by atoms with Gasteiger partial charge < -0.3 is 14.8 Å². The number of carbonyl (C=O) groups excluding carboxylic acids is 1. The van der Waals surface area contributed by atoms with E-state index in [9.17, 15) is 4.79 Å². The van der Waals surface area contributed by atoms with E-state index < -0.39 is 0 Å². The van der Waals surface area contributed by atoms with Crippen molar-refractivity contribution in [2.45, 2.75) is 12.1 Å². The lowest BCUT2D eigenvalue weighted by Gasteiger charge is -2.11. The van der Waals surface area contributed by atoms with Crippen LogP contribution in [0.1, 0.15) is 5.56 Å². The first kappa shape index (κ1) is 18.7. The van der Waals surface area contributed by atoms with Gasteiger partial charge in [0.1, 0.15) is 17.2 Å². The number of amides is 1. The SMILES string of the molecule is COc1ccc(C)cc1NC(=O)CSc1nnnn1-c1ccccc1OC. The van der Waals surface area contributed by atoms with Gasteiger partial charge in [-0.15, -0.1) is 5.10 Å². The van der Waals surface area contributed by atoms with E-state index in [1.54, 1.807) is 18.9 Å². The van der Waals surface area contributed by atoms with E-state index in [0.717, 1.165) is 5.56 Å². The Hall–Kier alpha value is -3.07. The minimum absolute atomic E-state index is 0.145. The molecule has 0 bridgehead atoms. The maximum absolute atomic E-state index is 12.4. The first-order valence-electron chi connectivity index (χ1n) is 8.11. The molecule has 0 atom stereocenters. The summed E-state index contributed by atoms with van der Waals surface area (Å²) in [4.78, 5) is 12.4. The topological polar surface area (TPSA) is 91.2 Å². The summed E-state index contributed by atoms with van der Waals surface area (Å²) in [5, 5.41) is 15.1. The standard InChI is InChI=1S/C18H19N5O3S/c1-12-8-9-15(25-2)13(10-12)19-17(24)11-27-18-20-21-22-23(18)14-6-4-5-7-16(14)26-3/h4-10H,11H2,1-3H3,(H,19,24). The summed E-state index contributed by atoms with van der Waals surface area (Å²) >= 11 is 1.23. The quantitative estimate of drug-likeness (QED) is 0.625. The number of carbonyl (C=O) groups is 1. The summed E-state index contributed by atoms with van der Waals surface area (Å²) in [5.74, 6) is 1.21. The Balaban J connectivity index is 1.71. The third-order valence-corrected chi connectivity index (χ3v) is 4.63. The second-order valence-electron chi connectivity index (χ2n) is 5.59. The number of aryl methyl sites for hydroxylation is 1. The molecule has 0 spiro atoms. The molecule has 1 aromatic heterocycles. The Kier molecular flexibility index (Phi) is 5.92. The van der Waals surface area contributed by atoms with Crippen LogP contribution in [0.25, 0.3) is 5.69 Å². The van der Waals surface area contributed by atoms with Crippen molar-refractivity contribution in [3.63, 3.8) is 0 Å². The molecule has 0 fully saturated rings. The summed E-state index contributed by atoms with van der Waals surface area (Å²) < 4.78 is 12.2. The van der Waals surface area contributed by atoms with Gasteiger partial charge in [-0.05, 0) is 47.2 Å². The molecule has 3 aromatic rings. The highest BCUT2D eigenvalue weighted by molar-refractivity contribution is 7.99. The fourth-order valence-electron chi connectivity index (χ4n) is 2.46. The van der Waals surface area contributed by atoms with Crippen molar-refractivity contribution in [1.82, 2.24) is 20.2 Å². The third-order valence-electron chi connectivity index (χ3n) is 3.72. The number of ether oxygens (including phenoxy) is 2. The second-order valence-corrected chi connectivity index (χ2v) is 6.53. The number of nitrogens with one attached hydrogen (secondary N) is 1. The molecule has 140 valence electrons. The van der Waals surface area contributed by atoms with E-state index in [0.29, 0.717) is 28.0 Å². The Morgan fingerprint density at radius 3 is 2.70 bits per heavy atom. The summed E-state index contributed by atoms with van der Waals surface area (Å²) in [5.41, 5.74) is 2.36. The summed E-state index contributed by atoms with van der Waals surface area (Å²) in [6.45, 7) is 1.95. The maximum Gasteiger partial charge on any atom is 0.234 e. The third kappa shape index (κ3) is 4.37. The number of anilines is 1. The van der Waals surface area contributed by atoms with Crippen molar-refractivity contribution in [3.05, 3.63) is 48.0 Å². The van der Waals surface area contributed by atoms with Crippen LogP contribution >= 0.6 is 11.8 Å². The van der Waals surface area contributed by atoms with E-state index in [2.05, 4.69) is 20.8 Å². The molecule has 27 heavy (non-hydrogen) atoms. The average molecular weight is 385 g/mol. The zero-order valence-electron chi connectivity index (χ0n) is 15.2. The van der Waals surface area contributed by atoms with E-state index in [-0.39, 0.29) is 11.7 Å². The van der Waals surface area contributed by atoms with Crippen LogP contribution in [0, 0.1) is 6.92 Å². The lowest BCUT2D eigenvalue weighted by Crippen LogP contribution is -2.15. The number of hydrogen-bond acceptors (Lipinski definition) is 7. The molecule has 0 saturated carbocycles. The lowest BCUT2D eigenvalue weighted by atomic mass is 10.2. The molecule has 3 rings (SSSR count). The molecule has 0 saturated heterocycles. The first-order chi connectivity index (χ1) is 13.1. The minimum atomic E-state index is -0.182. The van der Waals surface area contributed by atoms with Crippen LogP contribution in [0.3, 0.4) is 0 Å². The van der Waals surface area contributed by atoms with Crippen LogP contribution < -0.4 is 14.8 Å². The molecule has 9 heteroatoms. The number of nitrogens with zero attached hydrogens (tertiary/aromatic N) is 4. The zero-order valence-corrected chi connectivity index (χ0v) is 16.0. The van der Waals surface area contributed by atoms with E-state index in [1.807, 2.05) is 49.4 Å². The Labute approximate surface area is 160 Å². The smallest absolute Gasteiger partial charge is 0.234 e. The van der Waals surface area contributed by atoms with Crippen LogP contribution in [0.5, 0.6) is 11.5 Å². The van der Waals surface area contributed by atoms with Gasteiger partial charge in [-0.2, -0.15) is 4.68 Å². The fraction of sp³-hybridized carbons (Fsp3) is 0.222. The van der Waals surface area contributed by atoms with Crippen molar-refractivity contribution < 1.29 is 14.3 Å². The van der Waals surface area contributed by atoms with Crippen LogP contribution in [0.15, 0.2) is 47.6 Å². The molecule has 0 aliphatic heterocycles. The van der Waals surface area contributed by atoms with E-state index in [1.165, 1.54) is 11.8 Å². The van der Waals surface area contributed by atoms with E-state index >= 15 is 0 Å². The molecule has 1 amide bonds. The van der Waals surface area contributed by atoms with Gasteiger partial charge in [0.2, 0.25) is 11.1 Å². The number of hydrogen-bond donors (Lipinski definition) is 1. The number of thioether (sulfide) groups is 1. The highest BCUT2D eigenvalue weighted by Crippen LogP contribution is 2.27. The van der Waals surface area contributed by atoms with Crippen molar-refractivity contribution in [2.75, 3.05) is 25.3 Å². The van der Waals surface area contributed by atoms with Gasteiger partial charge in [0.15, 0.2) is 0 Å². The summed E-state index contributed by atoms with van der Waals surface area (Å²) in [7, 11) is 3.15. The van der Waals surface area contributed by atoms with Gasteiger partial charge in [0.25, 0.3) is 0 Å². The minimum Gasteiger partial charge on any atom is -0.495 e. The predicted octanol–water partition coefficient (Wildman–Crippen LogP) is 2.72. The molecule has 1 N–H and O–H groups in total. The van der Waals surface area contributed by atoms with Gasteiger partial charge in [-0.25, -0.2) is 0 Å². The normalized spacial score (nSPS) is 10.5. The van der Waals surface area contributed by atoms with Crippen LogP contribution in [-0.4, -0.2) is 46.1 Å². The Bertz CT molecular complexity index is 944. The lowest BCUT2D eigenvalue weighted by molar-refractivity contribution is -0.113. The van der Waals surface area contributed by atoms with Gasteiger partial charge >= 0.3 is 0 Å². The number of para-hydroxylation sites is 2. The van der Waals surface area contributed by atoms with Gasteiger partial charge in [0.05, 0.1) is 25.7 Å². The van der Waals surface area contributed by atoms with Crippen molar-refractivity contribution in [2.24, 2.45) is 0 Å². The largest absolute Gasteiger partial charge is 0.495 e. The Morgan fingerprint density at radius 2 is 1.93 bits per heavy atom. The van der Waals surface area contributed by atoms with Crippen LogP contribution in [0.4, 0.5) is 5.69 Å². The molecule has 0 radical (unpaired) electrons. The van der Waals surface area contributed by atoms with Crippen molar-refractivity contribution in [1.29, 1.82) is 0 Å². The number of tetrazole rings is 1. The van der Waals surface area contributed by atoms with Crippen molar-refractivity contribution >= 4 is 23.4 Å². The molecule has 8 nitrogen and oxygen atoms in total. The van der Waals surface area contributed by atoms with Gasteiger partial charge in [-0.1, -0.05) is 30.0 Å². The summed E-state index contributed by atoms with van der Waals surface area (Å²) in [6.07, 6.45) is 0. The first-order valence-corrected chi connectivity index (χ1v) is 9.10.